The third-order valence-electron chi connectivity index (χ3n) is 3.69. The normalized spacial score (nSPS) is 18.5. The SMILES string of the molecule is CCNC(CC1CCOCC1)c1cc(Cl)ccc1Br. The van der Waals surface area contributed by atoms with E-state index in [1.54, 1.807) is 0 Å². The molecule has 1 saturated heterocycles. The van der Waals surface area contributed by atoms with Crippen molar-refractivity contribution in [3.05, 3.63) is 33.3 Å². The zero-order valence-electron chi connectivity index (χ0n) is 11.3. The van der Waals surface area contributed by atoms with Crippen molar-refractivity contribution < 1.29 is 4.74 Å². The van der Waals surface area contributed by atoms with E-state index >= 15 is 0 Å². The minimum Gasteiger partial charge on any atom is -0.381 e. The smallest absolute Gasteiger partial charge is 0.0468 e. The molecule has 1 aliphatic rings. The summed E-state index contributed by atoms with van der Waals surface area (Å²) in [5, 5.41) is 4.38. The van der Waals surface area contributed by atoms with Gasteiger partial charge in [0.2, 0.25) is 0 Å². The van der Waals surface area contributed by atoms with E-state index in [-0.39, 0.29) is 0 Å². The van der Waals surface area contributed by atoms with Crippen LogP contribution >= 0.6 is 27.5 Å². The van der Waals surface area contributed by atoms with Gasteiger partial charge in [-0.3, -0.25) is 0 Å². The van der Waals surface area contributed by atoms with Crippen molar-refractivity contribution in [2.45, 2.75) is 32.2 Å². The van der Waals surface area contributed by atoms with Gasteiger partial charge in [0.1, 0.15) is 0 Å². The van der Waals surface area contributed by atoms with Gasteiger partial charge in [0.15, 0.2) is 0 Å². The van der Waals surface area contributed by atoms with Crippen LogP contribution in [0, 0.1) is 5.92 Å². The molecule has 0 saturated carbocycles. The van der Waals surface area contributed by atoms with Crippen LogP contribution in [0.25, 0.3) is 0 Å². The van der Waals surface area contributed by atoms with Gasteiger partial charge in [-0.1, -0.05) is 34.5 Å². The lowest BCUT2D eigenvalue weighted by Gasteiger charge is -2.28. The third-order valence-corrected chi connectivity index (χ3v) is 4.65. The number of hydrogen-bond acceptors (Lipinski definition) is 2. The number of ether oxygens (including phenoxy) is 1. The molecule has 1 fully saturated rings. The van der Waals surface area contributed by atoms with E-state index in [0.717, 1.165) is 41.6 Å². The molecule has 2 rings (SSSR count). The van der Waals surface area contributed by atoms with Gasteiger partial charge in [-0.05, 0) is 55.5 Å². The first-order chi connectivity index (χ1) is 9.20. The van der Waals surface area contributed by atoms with Crippen LogP contribution in [0.1, 0.15) is 37.8 Å². The van der Waals surface area contributed by atoms with Gasteiger partial charge in [-0.25, -0.2) is 0 Å². The Hall–Kier alpha value is -0.0900. The maximum absolute atomic E-state index is 6.14. The molecule has 2 nitrogen and oxygen atoms in total. The molecule has 0 aromatic heterocycles. The zero-order chi connectivity index (χ0) is 13.7. The van der Waals surface area contributed by atoms with E-state index in [0.29, 0.717) is 6.04 Å². The Morgan fingerprint density at radius 3 is 2.84 bits per heavy atom. The van der Waals surface area contributed by atoms with Crippen LogP contribution in [-0.2, 0) is 4.74 Å². The number of nitrogens with one attached hydrogen (secondary N) is 1. The van der Waals surface area contributed by atoms with Crippen LogP contribution < -0.4 is 5.32 Å². The molecule has 0 spiro atoms. The summed E-state index contributed by atoms with van der Waals surface area (Å²) in [6, 6.07) is 6.39. The summed E-state index contributed by atoms with van der Waals surface area (Å²) in [7, 11) is 0. The topological polar surface area (TPSA) is 21.3 Å². The molecule has 19 heavy (non-hydrogen) atoms. The van der Waals surface area contributed by atoms with Crippen molar-refractivity contribution >= 4 is 27.5 Å². The summed E-state index contributed by atoms with van der Waals surface area (Å²) >= 11 is 9.78. The summed E-state index contributed by atoms with van der Waals surface area (Å²) < 4.78 is 6.57. The summed E-state index contributed by atoms with van der Waals surface area (Å²) in [5.41, 5.74) is 1.26. The van der Waals surface area contributed by atoms with Gasteiger partial charge in [0.25, 0.3) is 0 Å². The van der Waals surface area contributed by atoms with E-state index in [1.165, 1.54) is 18.4 Å². The average molecular weight is 347 g/mol. The number of rotatable bonds is 5. The van der Waals surface area contributed by atoms with Gasteiger partial charge in [-0.2, -0.15) is 0 Å². The van der Waals surface area contributed by atoms with Crippen molar-refractivity contribution in [2.75, 3.05) is 19.8 Å². The molecule has 4 heteroatoms. The Balaban J connectivity index is 2.11. The number of hydrogen-bond donors (Lipinski definition) is 1. The monoisotopic (exact) mass is 345 g/mol. The molecule has 1 atom stereocenters. The lowest BCUT2D eigenvalue weighted by atomic mass is 9.89. The Morgan fingerprint density at radius 2 is 2.16 bits per heavy atom. The summed E-state index contributed by atoms with van der Waals surface area (Å²) in [6.45, 7) is 4.92. The second-order valence-electron chi connectivity index (χ2n) is 5.07. The predicted molar refractivity (Wildman–Crippen MR) is 83.7 cm³/mol. The van der Waals surface area contributed by atoms with E-state index < -0.39 is 0 Å². The molecule has 1 N–H and O–H groups in total. The molecule has 1 aliphatic heterocycles. The van der Waals surface area contributed by atoms with E-state index in [2.05, 4.69) is 34.2 Å². The molecule has 0 amide bonds. The minimum atomic E-state index is 0.362. The van der Waals surface area contributed by atoms with E-state index in [4.69, 9.17) is 16.3 Å². The molecule has 1 aromatic carbocycles. The Morgan fingerprint density at radius 1 is 1.42 bits per heavy atom. The largest absolute Gasteiger partial charge is 0.381 e. The lowest BCUT2D eigenvalue weighted by Crippen LogP contribution is -2.26. The first-order valence-corrected chi connectivity index (χ1v) is 8.14. The fraction of sp³-hybridized carbons (Fsp3) is 0.600. The highest BCUT2D eigenvalue weighted by atomic mass is 79.9. The zero-order valence-corrected chi connectivity index (χ0v) is 13.6. The molecular formula is C15H21BrClNO. The quantitative estimate of drug-likeness (QED) is 0.843. The van der Waals surface area contributed by atoms with Crippen molar-refractivity contribution in [3.8, 4) is 0 Å². The van der Waals surface area contributed by atoms with Crippen LogP contribution in [0.2, 0.25) is 5.02 Å². The highest BCUT2D eigenvalue weighted by Crippen LogP contribution is 2.33. The fourth-order valence-electron chi connectivity index (χ4n) is 2.66. The maximum atomic E-state index is 6.14. The van der Waals surface area contributed by atoms with Crippen LogP contribution in [-0.4, -0.2) is 19.8 Å². The molecule has 1 heterocycles. The second-order valence-corrected chi connectivity index (χ2v) is 6.36. The van der Waals surface area contributed by atoms with Crippen LogP contribution in [0.15, 0.2) is 22.7 Å². The van der Waals surface area contributed by atoms with Gasteiger partial charge in [0, 0.05) is 28.8 Å². The van der Waals surface area contributed by atoms with Crippen molar-refractivity contribution in [2.24, 2.45) is 5.92 Å². The van der Waals surface area contributed by atoms with Gasteiger partial charge in [0.05, 0.1) is 0 Å². The van der Waals surface area contributed by atoms with Crippen molar-refractivity contribution in [1.29, 1.82) is 0 Å². The third kappa shape index (κ3) is 4.45. The number of benzene rings is 1. The lowest BCUT2D eigenvalue weighted by molar-refractivity contribution is 0.0605. The van der Waals surface area contributed by atoms with Crippen molar-refractivity contribution in [1.82, 2.24) is 5.32 Å². The van der Waals surface area contributed by atoms with E-state index in [9.17, 15) is 0 Å². The maximum Gasteiger partial charge on any atom is 0.0468 e. The fourth-order valence-corrected chi connectivity index (χ4v) is 3.37. The standard InChI is InChI=1S/C15H21BrClNO/c1-2-18-15(9-11-5-7-19-8-6-11)13-10-12(17)3-4-14(13)16/h3-4,10-11,15,18H,2,5-9H2,1H3. The summed E-state index contributed by atoms with van der Waals surface area (Å²) in [5.74, 6) is 0.740. The van der Waals surface area contributed by atoms with Crippen LogP contribution in [0.5, 0.6) is 0 Å². The Labute approximate surface area is 129 Å². The average Bonchev–Trinajstić information content (AvgIpc) is 2.42. The molecule has 0 radical (unpaired) electrons. The van der Waals surface area contributed by atoms with Crippen LogP contribution in [0.3, 0.4) is 0 Å². The summed E-state index contributed by atoms with van der Waals surface area (Å²) in [4.78, 5) is 0. The molecule has 1 aromatic rings. The van der Waals surface area contributed by atoms with Crippen molar-refractivity contribution in [3.63, 3.8) is 0 Å². The van der Waals surface area contributed by atoms with Gasteiger partial charge < -0.3 is 10.1 Å². The minimum absolute atomic E-state index is 0.362. The number of halogens is 2. The molecule has 0 aliphatic carbocycles. The second kappa shape index (κ2) is 7.63. The molecule has 106 valence electrons. The van der Waals surface area contributed by atoms with Gasteiger partial charge >= 0.3 is 0 Å². The predicted octanol–water partition coefficient (Wildman–Crippen LogP) is 4.57. The molecule has 1 unspecified atom stereocenters. The summed E-state index contributed by atoms with van der Waals surface area (Å²) in [6.07, 6.45) is 3.48. The van der Waals surface area contributed by atoms with Gasteiger partial charge in [-0.15, -0.1) is 0 Å². The highest BCUT2D eigenvalue weighted by molar-refractivity contribution is 9.10. The van der Waals surface area contributed by atoms with Crippen LogP contribution in [0.4, 0.5) is 0 Å². The Bertz CT molecular complexity index is 407. The first-order valence-electron chi connectivity index (χ1n) is 6.96. The Kier molecular flexibility index (Phi) is 6.14. The highest BCUT2D eigenvalue weighted by Gasteiger charge is 2.21. The first kappa shape index (κ1) is 15.3. The van der Waals surface area contributed by atoms with E-state index in [1.807, 2.05) is 12.1 Å². The molecule has 0 bridgehead atoms. The molecular weight excluding hydrogens is 326 g/mol.